The number of halogens is 1. The van der Waals surface area contributed by atoms with E-state index < -0.39 is 30.9 Å². The first kappa shape index (κ1) is 40.8. The maximum Gasteiger partial charge on any atom is 0.343 e. The molecule has 5 heterocycles. The molecular formula is C41H43BrN11O6P. The van der Waals surface area contributed by atoms with Crippen LogP contribution in [-0.2, 0) is 15.9 Å². The second-order valence-electron chi connectivity index (χ2n) is 15.4. The number of nitrogens with one attached hydrogen (secondary N) is 3. The predicted octanol–water partition coefficient (Wildman–Crippen LogP) is 5.79. The maximum atomic E-state index is 13.5. The number of aromatic nitrogens is 4. The van der Waals surface area contributed by atoms with Crippen LogP contribution in [0.4, 0.5) is 33.6 Å². The number of fused-ring (bicyclic) bond motifs is 2. The molecule has 0 radical (unpaired) electrons. The quantitative estimate of drug-likeness (QED) is 0.107. The van der Waals surface area contributed by atoms with Gasteiger partial charge in [-0.2, -0.15) is 9.99 Å². The van der Waals surface area contributed by atoms with E-state index in [1.54, 1.807) is 51.2 Å². The van der Waals surface area contributed by atoms with Gasteiger partial charge in [-0.1, -0.05) is 6.07 Å². The van der Waals surface area contributed by atoms with Crippen LogP contribution in [0.15, 0.2) is 65.5 Å². The minimum absolute atomic E-state index is 0.00275. The van der Waals surface area contributed by atoms with Gasteiger partial charge in [0, 0.05) is 62.4 Å². The topological polar surface area (TPSA) is 195 Å². The molecule has 310 valence electrons. The van der Waals surface area contributed by atoms with Crippen molar-refractivity contribution in [1.29, 1.82) is 0 Å². The Kier molecular flexibility index (Phi) is 11.0. The Hall–Kier alpha value is -5.97. The van der Waals surface area contributed by atoms with Crippen LogP contribution in [0.2, 0.25) is 0 Å². The number of carbonyl (C=O) groups excluding carboxylic acids is 4. The Balaban J connectivity index is 0.921. The van der Waals surface area contributed by atoms with Crippen molar-refractivity contribution in [1.82, 2.24) is 40.2 Å². The van der Waals surface area contributed by atoms with Crippen LogP contribution in [0.3, 0.4) is 0 Å². The fourth-order valence-corrected chi connectivity index (χ4v) is 9.70. The minimum Gasteiger partial charge on any atom is -0.494 e. The third-order valence-corrected chi connectivity index (χ3v) is 13.1. The number of urea groups is 1. The van der Waals surface area contributed by atoms with Crippen molar-refractivity contribution >= 4 is 92.0 Å². The standard InChI is InChI=1S/C41H43BrN11O6P/c1-23-18-31(47-40-45-21-28(42)37(49-40)46-30-9-8-29-35(44-14-13-43-29)36(30)60(4,5)58)33(59-3)20-32(23)51-15-10-25(11-16-51)50(2)22-24-6-7-26-27(19-24)39(56)53(38(26)55)52-17-12-34(54)48-41(52)57/h6-9,13-14,18-21,25H,10-12,15-17,22H2,1-5H3,(H,48,54,57)(H2,45,46,47,49). The molecule has 0 atom stereocenters. The smallest absolute Gasteiger partial charge is 0.343 e. The molecule has 2 aromatic heterocycles. The summed E-state index contributed by atoms with van der Waals surface area (Å²) in [4.78, 5) is 73.2. The van der Waals surface area contributed by atoms with Crippen LogP contribution in [0, 0.1) is 6.92 Å². The van der Waals surface area contributed by atoms with Crippen LogP contribution in [-0.4, -0.2) is 112 Å². The predicted molar refractivity (Wildman–Crippen MR) is 231 cm³/mol. The van der Waals surface area contributed by atoms with Gasteiger partial charge in [-0.15, -0.1) is 0 Å². The van der Waals surface area contributed by atoms with E-state index >= 15 is 0 Å². The molecule has 8 rings (SSSR count). The minimum atomic E-state index is -2.79. The number of anilines is 5. The normalized spacial score (nSPS) is 16.1. The van der Waals surface area contributed by atoms with Crippen LogP contribution in [0.5, 0.6) is 5.75 Å². The summed E-state index contributed by atoms with van der Waals surface area (Å²) in [5.74, 6) is -0.178. The highest BCUT2D eigenvalue weighted by atomic mass is 79.9. The van der Waals surface area contributed by atoms with E-state index in [1.807, 2.05) is 30.3 Å². The SMILES string of the molecule is COc1cc(N2CCC(N(C)Cc3ccc4c(c3)C(=O)N(N3CCC(=O)NC3=O)C4=O)CC2)c(C)cc1Nc1ncc(Br)c(Nc2ccc3nccnc3c2P(C)(C)=O)n1. The lowest BCUT2D eigenvalue weighted by Crippen LogP contribution is -2.58. The molecule has 5 aromatic rings. The van der Waals surface area contributed by atoms with Gasteiger partial charge >= 0.3 is 6.03 Å². The number of hydrogen-bond donors (Lipinski definition) is 3. The second kappa shape index (κ2) is 16.2. The number of piperidine rings is 1. The number of imide groups is 2. The van der Waals surface area contributed by atoms with E-state index in [2.05, 4.69) is 70.6 Å². The van der Waals surface area contributed by atoms with Gasteiger partial charge < -0.3 is 24.8 Å². The third-order valence-electron chi connectivity index (χ3n) is 11.0. The van der Waals surface area contributed by atoms with E-state index in [4.69, 9.17) is 9.72 Å². The van der Waals surface area contributed by atoms with Gasteiger partial charge in [0.25, 0.3) is 11.8 Å². The molecule has 5 amide bonds. The molecule has 17 nitrogen and oxygen atoms in total. The Morgan fingerprint density at radius 3 is 2.42 bits per heavy atom. The van der Waals surface area contributed by atoms with Gasteiger partial charge in [-0.3, -0.25) is 34.6 Å². The lowest BCUT2D eigenvalue weighted by Gasteiger charge is -2.38. The fourth-order valence-electron chi connectivity index (χ4n) is 8.02. The van der Waals surface area contributed by atoms with Crippen molar-refractivity contribution in [2.75, 3.05) is 62.7 Å². The molecule has 0 bridgehead atoms. The molecule has 3 N–H and O–H groups in total. The number of methoxy groups -OCH3 is 1. The Morgan fingerprint density at radius 2 is 1.68 bits per heavy atom. The van der Waals surface area contributed by atoms with Crippen LogP contribution < -0.4 is 30.9 Å². The number of carbonyl (C=O) groups is 4. The van der Waals surface area contributed by atoms with Crippen LogP contribution in [0.1, 0.15) is 51.1 Å². The molecule has 19 heteroatoms. The monoisotopic (exact) mass is 895 g/mol. The van der Waals surface area contributed by atoms with Gasteiger partial charge in [0.15, 0.2) is 0 Å². The first-order valence-corrected chi connectivity index (χ1v) is 22.7. The van der Waals surface area contributed by atoms with Crippen molar-refractivity contribution in [2.45, 2.75) is 38.8 Å². The zero-order valence-electron chi connectivity index (χ0n) is 33.7. The van der Waals surface area contributed by atoms with Crippen molar-refractivity contribution in [3.63, 3.8) is 0 Å². The van der Waals surface area contributed by atoms with Gasteiger partial charge in [-0.25, -0.2) is 14.8 Å². The van der Waals surface area contributed by atoms with Crippen molar-refractivity contribution in [2.24, 2.45) is 0 Å². The summed E-state index contributed by atoms with van der Waals surface area (Å²) in [5.41, 5.74) is 6.00. The van der Waals surface area contributed by atoms with Gasteiger partial charge in [0.1, 0.15) is 24.2 Å². The molecule has 2 saturated heterocycles. The zero-order valence-corrected chi connectivity index (χ0v) is 36.1. The Morgan fingerprint density at radius 1 is 0.933 bits per heavy atom. The van der Waals surface area contributed by atoms with E-state index in [0.29, 0.717) is 56.2 Å². The summed E-state index contributed by atoms with van der Waals surface area (Å²) < 4.78 is 20.0. The molecule has 0 unspecified atom stereocenters. The lowest BCUT2D eigenvalue weighted by atomic mass is 10.00. The van der Waals surface area contributed by atoms with Gasteiger partial charge in [-0.05, 0) is 97.5 Å². The molecular weight excluding hydrogens is 853 g/mol. The van der Waals surface area contributed by atoms with Crippen LogP contribution >= 0.6 is 23.1 Å². The van der Waals surface area contributed by atoms with Crippen molar-refractivity contribution in [3.05, 3.63) is 87.8 Å². The van der Waals surface area contributed by atoms with Crippen molar-refractivity contribution in [3.8, 4) is 5.75 Å². The summed E-state index contributed by atoms with van der Waals surface area (Å²) in [6.45, 7) is 7.62. The van der Waals surface area contributed by atoms with E-state index in [1.165, 1.54) is 0 Å². The summed E-state index contributed by atoms with van der Waals surface area (Å²) in [5, 5.41) is 11.2. The highest BCUT2D eigenvalue weighted by Crippen LogP contribution is 2.42. The van der Waals surface area contributed by atoms with Crippen LogP contribution in [0.25, 0.3) is 11.0 Å². The number of nitrogens with zero attached hydrogens (tertiary/aromatic N) is 8. The number of hydrogen-bond acceptors (Lipinski definition) is 14. The summed E-state index contributed by atoms with van der Waals surface area (Å²) in [7, 11) is 0.893. The summed E-state index contributed by atoms with van der Waals surface area (Å²) >= 11 is 3.56. The molecule has 60 heavy (non-hydrogen) atoms. The summed E-state index contributed by atoms with van der Waals surface area (Å²) in [6.07, 6.45) is 6.64. The third kappa shape index (κ3) is 7.89. The molecule has 0 aliphatic carbocycles. The first-order valence-electron chi connectivity index (χ1n) is 19.3. The molecule has 3 aliphatic rings. The number of benzene rings is 3. The number of aryl methyl sites for hydroxylation is 1. The van der Waals surface area contributed by atoms with E-state index in [9.17, 15) is 23.7 Å². The first-order chi connectivity index (χ1) is 28.7. The molecule has 2 fully saturated rings. The number of hydrazine groups is 1. The van der Waals surface area contributed by atoms with Crippen molar-refractivity contribution < 1.29 is 28.5 Å². The highest BCUT2D eigenvalue weighted by molar-refractivity contribution is 9.10. The average Bonchev–Trinajstić information content (AvgIpc) is 3.46. The molecule has 3 aromatic carbocycles. The fraction of sp³-hybridized carbons (Fsp3) is 0.317. The van der Waals surface area contributed by atoms with Gasteiger partial charge in [0.05, 0.1) is 51.5 Å². The lowest BCUT2D eigenvalue weighted by molar-refractivity contribution is -0.122. The maximum absolute atomic E-state index is 13.5. The van der Waals surface area contributed by atoms with E-state index in [-0.39, 0.29) is 30.1 Å². The molecule has 0 spiro atoms. The Bertz CT molecular complexity index is 2630. The Labute approximate surface area is 354 Å². The number of ether oxygens (including phenoxy) is 1. The second-order valence-corrected chi connectivity index (χ2v) is 19.4. The molecule has 0 saturated carbocycles. The molecule has 3 aliphatic heterocycles. The van der Waals surface area contributed by atoms with E-state index in [0.717, 1.165) is 52.8 Å². The average molecular weight is 897 g/mol. The van der Waals surface area contributed by atoms with Gasteiger partial charge in [0.2, 0.25) is 11.9 Å². The highest BCUT2D eigenvalue weighted by Gasteiger charge is 2.43. The zero-order chi connectivity index (χ0) is 42.5. The largest absolute Gasteiger partial charge is 0.494 e. The number of rotatable bonds is 11. The summed E-state index contributed by atoms with van der Waals surface area (Å²) in [6, 6.07) is 12.4. The number of amides is 5.